The van der Waals surface area contributed by atoms with Crippen LogP contribution in [-0.2, 0) is 9.53 Å². The molecular weight excluding hydrogens is 326 g/mol. The molecule has 0 aromatic rings. The molecule has 5 nitrogen and oxygen atoms in total. The van der Waals surface area contributed by atoms with E-state index in [-0.39, 0.29) is 18.1 Å². The number of hydrogen-bond acceptors (Lipinski definition) is 4. The number of amides is 1. The number of rotatable bonds is 5. The Morgan fingerprint density at radius 1 is 1.23 bits per heavy atom. The molecule has 0 bridgehead atoms. The molecule has 2 atom stereocenters. The van der Waals surface area contributed by atoms with E-state index in [1.54, 1.807) is 6.21 Å². The molecule has 0 fully saturated rings. The maximum absolute atomic E-state index is 12.8. The largest absolute Gasteiger partial charge is 0.481 e. The van der Waals surface area contributed by atoms with Gasteiger partial charge < -0.3 is 15.0 Å². The predicted octanol–water partition coefficient (Wildman–Crippen LogP) is 2.08. The average Bonchev–Trinajstić information content (AvgIpc) is 3.03. The van der Waals surface area contributed by atoms with Crippen LogP contribution in [0.15, 0.2) is 75.6 Å². The maximum atomic E-state index is 12.8. The molecule has 1 amide bonds. The van der Waals surface area contributed by atoms with Gasteiger partial charge in [0, 0.05) is 35.1 Å². The van der Waals surface area contributed by atoms with Crippen molar-refractivity contribution in [3.8, 4) is 0 Å². The van der Waals surface area contributed by atoms with E-state index in [0.717, 1.165) is 35.4 Å². The second-order valence-corrected chi connectivity index (χ2v) is 7.01. The van der Waals surface area contributed by atoms with Crippen molar-refractivity contribution in [2.75, 3.05) is 27.2 Å². The Hall–Kier alpha value is -2.66. The molecule has 0 aromatic heterocycles. The number of aliphatic imine (C=N–C) groups is 1. The first-order chi connectivity index (χ1) is 12.6. The molecule has 2 unspecified atom stereocenters. The highest BCUT2D eigenvalue weighted by atomic mass is 16.5. The number of carbonyl (C=O) groups excluding carboxylic acids is 1. The Balaban J connectivity index is 1.62. The van der Waals surface area contributed by atoms with Crippen LogP contribution in [0.2, 0.25) is 0 Å². The standard InChI is InChI=1S/C21H23N3O2/c1-24(2)12-6-11-23-21(25)17-13-16-14-7-3-4-9-18(14)26-20(16)15-8-5-10-22-19(15)17/h3-5,7-10,13,18-19H,6,11-12H2,1-2H3,(H,23,25). The summed E-state index contributed by atoms with van der Waals surface area (Å²) in [5.74, 6) is 0.799. The van der Waals surface area contributed by atoms with Crippen molar-refractivity contribution in [1.29, 1.82) is 0 Å². The molecule has 134 valence electrons. The molecule has 2 aliphatic heterocycles. The van der Waals surface area contributed by atoms with E-state index >= 15 is 0 Å². The van der Waals surface area contributed by atoms with Gasteiger partial charge in [-0.1, -0.05) is 24.3 Å². The Morgan fingerprint density at radius 2 is 2.08 bits per heavy atom. The third-order valence-corrected chi connectivity index (χ3v) is 4.86. The van der Waals surface area contributed by atoms with Crippen LogP contribution in [0.5, 0.6) is 0 Å². The minimum absolute atomic E-state index is 0.0513. The Bertz CT molecular complexity index is 837. The van der Waals surface area contributed by atoms with Crippen molar-refractivity contribution >= 4 is 12.1 Å². The fourth-order valence-corrected chi connectivity index (χ4v) is 3.59. The summed E-state index contributed by atoms with van der Waals surface area (Å²) in [6.07, 6.45) is 16.6. The van der Waals surface area contributed by atoms with Crippen molar-refractivity contribution < 1.29 is 9.53 Å². The van der Waals surface area contributed by atoms with Gasteiger partial charge in [0.1, 0.15) is 17.9 Å². The number of nitrogens with zero attached hydrogens (tertiary/aromatic N) is 2. The van der Waals surface area contributed by atoms with Crippen LogP contribution in [0.3, 0.4) is 0 Å². The minimum Gasteiger partial charge on any atom is -0.481 e. The van der Waals surface area contributed by atoms with Gasteiger partial charge in [-0.05, 0) is 45.3 Å². The van der Waals surface area contributed by atoms with E-state index in [2.05, 4.69) is 21.3 Å². The summed E-state index contributed by atoms with van der Waals surface area (Å²) in [5.41, 5.74) is 3.76. The number of fused-ring (bicyclic) bond motifs is 3. The van der Waals surface area contributed by atoms with Crippen LogP contribution >= 0.6 is 0 Å². The van der Waals surface area contributed by atoms with E-state index in [4.69, 9.17) is 4.74 Å². The molecule has 26 heavy (non-hydrogen) atoms. The highest BCUT2D eigenvalue weighted by molar-refractivity contribution is 5.98. The molecule has 4 aliphatic rings. The SMILES string of the molecule is CN(C)CCCNC(=O)C1=CC2=C3C=CC=CC3OC2=C2C=CC=NC12. The molecule has 4 rings (SSSR count). The lowest BCUT2D eigenvalue weighted by molar-refractivity contribution is -0.117. The van der Waals surface area contributed by atoms with Crippen molar-refractivity contribution in [3.63, 3.8) is 0 Å². The summed E-state index contributed by atoms with van der Waals surface area (Å²) in [6.45, 7) is 1.60. The molecule has 1 N–H and O–H groups in total. The zero-order valence-corrected chi connectivity index (χ0v) is 15.1. The zero-order chi connectivity index (χ0) is 18.1. The van der Waals surface area contributed by atoms with Gasteiger partial charge in [0.05, 0.1) is 0 Å². The van der Waals surface area contributed by atoms with E-state index in [1.165, 1.54) is 0 Å². The number of nitrogens with one attached hydrogen (secondary N) is 1. The summed E-state index contributed by atoms with van der Waals surface area (Å²) >= 11 is 0. The van der Waals surface area contributed by atoms with Gasteiger partial charge in [-0.3, -0.25) is 9.79 Å². The summed E-state index contributed by atoms with van der Waals surface area (Å²) in [4.78, 5) is 19.5. The van der Waals surface area contributed by atoms with Crippen molar-refractivity contribution in [1.82, 2.24) is 10.2 Å². The lowest BCUT2D eigenvalue weighted by Crippen LogP contribution is -2.34. The Labute approximate surface area is 153 Å². The monoisotopic (exact) mass is 349 g/mol. The molecule has 0 spiro atoms. The average molecular weight is 349 g/mol. The number of hydrogen-bond donors (Lipinski definition) is 1. The quantitative estimate of drug-likeness (QED) is 0.773. The van der Waals surface area contributed by atoms with E-state index in [1.807, 2.05) is 50.6 Å². The van der Waals surface area contributed by atoms with Gasteiger partial charge in [0.15, 0.2) is 0 Å². The molecule has 0 saturated carbocycles. The Kier molecular flexibility index (Phi) is 4.47. The summed E-state index contributed by atoms with van der Waals surface area (Å²) in [6, 6.07) is -0.290. The van der Waals surface area contributed by atoms with Crippen LogP contribution in [0.1, 0.15) is 6.42 Å². The van der Waals surface area contributed by atoms with Gasteiger partial charge >= 0.3 is 0 Å². The van der Waals surface area contributed by atoms with Gasteiger partial charge in [-0.2, -0.15) is 0 Å². The highest BCUT2D eigenvalue weighted by Gasteiger charge is 2.38. The van der Waals surface area contributed by atoms with Gasteiger partial charge in [0.2, 0.25) is 5.91 Å². The first kappa shape index (κ1) is 16.8. The molecule has 0 aromatic carbocycles. The van der Waals surface area contributed by atoms with Crippen LogP contribution in [0.4, 0.5) is 0 Å². The van der Waals surface area contributed by atoms with Crippen molar-refractivity contribution in [3.05, 3.63) is 70.6 Å². The first-order valence-electron chi connectivity index (χ1n) is 9.00. The number of ether oxygens (including phenoxy) is 1. The second kappa shape index (κ2) is 6.92. The summed E-state index contributed by atoms with van der Waals surface area (Å²) < 4.78 is 6.15. The lowest BCUT2D eigenvalue weighted by Gasteiger charge is -2.25. The number of allylic oxidation sites excluding steroid dienone is 4. The smallest absolute Gasteiger partial charge is 0.249 e. The van der Waals surface area contributed by atoms with E-state index in [0.29, 0.717) is 12.1 Å². The first-order valence-corrected chi connectivity index (χ1v) is 9.00. The zero-order valence-electron chi connectivity index (χ0n) is 15.1. The predicted molar refractivity (Wildman–Crippen MR) is 103 cm³/mol. The lowest BCUT2D eigenvalue weighted by atomic mass is 9.85. The van der Waals surface area contributed by atoms with Gasteiger partial charge in [0.25, 0.3) is 0 Å². The van der Waals surface area contributed by atoms with Crippen LogP contribution in [0.25, 0.3) is 0 Å². The third kappa shape index (κ3) is 2.99. The fourth-order valence-electron chi connectivity index (χ4n) is 3.59. The van der Waals surface area contributed by atoms with Gasteiger partial charge in [-0.15, -0.1) is 0 Å². The normalized spacial score (nSPS) is 25.1. The molecule has 0 radical (unpaired) electrons. The number of carbonyl (C=O) groups is 1. The minimum atomic E-state index is -0.290. The summed E-state index contributed by atoms with van der Waals surface area (Å²) in [5, 5.41) is 3.04. The van der Waals surface area contributed by atoms with Crippen molar-refractivity contribution in [2.45, 2.75) is 18.6 Å². The van der Waals surface area contributed by atoms with E-state index in [9.17, 15) is 4.79 Å². The second-order valence-electron chi connectivity index (χ2n) is 7.01. The van der Waals surface area contributed by atoms with Crippen LogP contribution in [-0.4, -0.2) is 56.4 Å². The molecule has 2 aliphatic carbocycles. The van der Waals surface area contributed by atoms with Crippen LogP contribution in [0, 0.1) is 0 Å². The molecule has 5 heteroatoms. The topological polar surface area (TPSA) is 53.9 Å². The molecule has 2 heterocycles. The summed E-state index contributed by atoms with van der Waals surface area (Å²) in [7, 11) is 4.06. The molecular formula is C21H23N3O2. The fraction of sp³-hybridized carbons (Fsp3) is 0.333. The molecule has 0 saturated heterocycles. The van der Waals surface area contributed by atoms with Crippen LogP contribution < -0.4 is 5.32 Å². The highest BCUT2D eigenvalue weighted by Crippen LogP contribution is 2.43. The Morgan fingerprint density at radius 3 is 2.92 bits per heavy atom. The third-order valence-electron chi connectivity index (χ3n) is 4.86. The van der Waals surface area contributed by atoms with Gasteiger partial charge in [-0.25, -0.2) is 0 Å². The van der Waals surface area contributed by atoms with Crippen molar-refractivity contribution in [2.24, 2.45) is 4.99 Å². The van der Waals surface area contributed by atoms with E-state index < -0.39 is 0 Å². The maximum Gasteiger partial charge on any atom is 0.249 e. The number of dihydropyridines is 1.